The quantitative estimate of drug-likeness (QED) is 0.803. The van der Waals surface area contributed by atoms with Crippen LogP contribution in [0.25, 0.3) is 0 Å². The largest absolute Gasteiger partial charge is 0.347 e. The van der Waals surface area contributed by atoms with E-state index in [2.05, 4.69) is 38.2 Å². The van der Waals surface area contributed by atoms with Gasteiger partial charge >= 0.3 is 0 Å². The van der Waals surface area contributed by atoms with E-state index >= 15 is 0 Å². The third-order valence-electron chi connectivity index (χ3n) is 4.02. The highest BCUT2D eigenvalue weighted by Gasteiger charge is 2.39. The van der Waals surface area contributed by atoms with Gasteiger partial charge in [0.2, 0.25) is 0 Å². The van der Waals surface area contributed by atoms with Gasteiger partial charge in [-0.15, -0.1) is 0 Å². The van der Waals surface area contributed by atoms with Crippen molar-refractivity contribution in [3.63, 3.8) is 0 Å². The number of rotatable bonds is 6. The fraction of sp³-hybridized carbons (Fsp3) is 0.625. The summed E-state index contributed by atoms with van der Waals surface area (Å²) in [5.41, 5.74) is 2.04. The van der Waals surface area contributed by atoms with Crippen LogP contribution in [-0.2, 0) is 9.47 Å². The fourth-order valence-corrected chi connectivity index (χ4v) is 2.60. The molecule has 0 amide bonds. The number of hydrogen-bond acceptors (Lipinski definition) is 3. The third-order valence-corrected chi connectivity index (χ3v) is 4.02. The summed E-state index contributed by atoms with van der Waals surface area (Å²) in [4.78, 5) is 0. The summed E-state index contributed by atoms with van der Waals surface area (Å²) in [6, 6.07) is 8.29. The molecule has 20 heavy (non-hydrogen) atoms. The van der Waals surface area contributed by atoms with Crippen molar-refractivity contribution in [3.05, 3.63) is 29.8 Å². The van der Waals surface area contributed by atoms with Crippen LogP contribution >= 0.6 is 0 Å². The lowest BCUT2D eigenvalue weighted by molar-refractivity contribution is -0.191. The van der Waals surface area contributed by atoms with Crippen LogP contribution in [0.5, 0.6) is 0 Å². The van der Waals surface area contributed by atoms with Gasteiger partial charge in [-0.3, -0.25) is 0 Å². The van der Waals surface area contributed by atoms with Gasteiger partial charge in [0, 0.05) is 24.9 Å². The van der Waals surface area contributed by atoms with Crippen molar-refractivity contribution in [2.45, 2.75) is 39.0 Å². The highest BCUT2D eigenvalue weighted by atomic mass is 16.7. The zero-order valence-corrected chi connectivity index (χ0v) is 12.7. The Morgan fingerprint density at radius 1 is 1.15 bits per heavy atom. The van der Waals surface area contributed by atoms with Crippen LogP contribution in [0.1, 0.15) is 38.8 Å². The number of ether oxygens (including phenoxy) is 2. The molecule has 1 atom stereocenters. The zero-order chi connectivity index (χ0) is 14.6. The standard InChI is InChI=1S/C16H24BNO2/c1-12(2)16(19-10-11-20-16)8-9-18-13(3)14-4-6-15(17)7-5-14/h4-7,12-13,18H,8-11H2,1-3H3/t13-/m0/s1. The van der Waals surface area contributed by atoms with Crippen LogP contribution in [0.15, 0.2) is 24.3 Å². The number of hydrogen-bond donors (Lipinski definition) is 1. The molecule has 1 heterocycles. The van der Waals surface area contributed by atoms with E-state index in [0.29, 0.717) is 25.2 Å². The lowest BCUT2D eigenvalue weighted by Gasteiger charge is -2.32. The summed E-state index contributed by atoms with van der Waals surface area (Å²) >= 11 is 0. The second kappa shape index (κ2) is 6.75. The Bertz CT molecular complexity index is 413. The Morgan fingerprint density at radius 3 is 2.30 bits per heavy atom. The summed E-state index contributed by atoms with van der Waals surface area (Å²) < 4.78 is 11.7. The van der Waals surface area contributed by atoms with E-state index in [0.717, 1.165) is 18.4 Å². The van der Waals surface area contributed by atoms with E-state index in [-0.39, 0.29) is 0 Å². The SMILES string of the molecule is [B]c1ccc([C@H](C)NCCC2(C(C)C)OCCO2)cc1. The van der Waals surface area contributed by atoms with Crippen molar-refractivity contribution in [2.24, 2.45) is 5.92 Å². The molecular weight excluding hydrogens is 249 g/mol. The van der Waals surface area contributed by atoms with Gasteiger partial charge in [-0.25, -0.2) is 0 Å². The van der Waals surface area contributed by atoms with Gasteiger partial charge in [0.05, 0.1) is 13.2 Å². The summed E-state index contributed by atoms with van der Waals surface area (Å²) in [6.45, 7) is 8.72. The first kappa shape index (κ1) is 15.6. The third kappa shape index (κ3) is 3.63. The summed E-state index contributed by atoms with van der Waals surface area (Å²) in [5.74, 6) is -0.0491. The topological polar surface area (TPSA) is 30.5 Å². The normalized spacial score (nSPS) is 19.4. The first-order valence-corrected chi connectivity index (χ1v) is 7.40. The average Bonchev–Trinajstić information content (AvgIpc) is 2.89. The maximum atomic E-state index is 5.83. The molecule has 3 nitrogen and oxygen atoms in total. The van der Waals surface area contributed by atoms with Crippen LogP contribution in [0.2, 0.25) is 0 Å². The molecule has 0 saturated carbocycles. The summed E-state index contributed by atoms with van der Waals surface area (Å²) in [5, 5.41) is 3.52. The summed E-state index contributed by atoms with van der Waals surface area (Å²) in [7, 11) is 5.71. The van der Waals surface area contributed by atoms with Gasteiger partial charge < -0.3 is 14.8 Å². The molecule has 4 heteroatoms. The van der Waals surface area contributed by atoms with E-state index < -0.39 is 5.79 Å². The van der Waals surface area contributed by atoms with Gasteiger partial charge in [-0.2, -0.15) is 0 Å². The first-order chi connectivity index (χ1) is 9.53. The zero-order valence-electron chi connectivity index (χ0n) is 12.7. The van der Waals surface area contributed by atoms with Crippen molar-refractivity contribution in [3.8, 4) is 0 Å². The number of benzene rings is 1. The molecule has 0 aliphatic carbocycles. The minimum Gasteiger partial charge on any atom is -0.347 e. The number of nitrogens with one attached hydrogen (secondary N) is 1. The highest BCUT2D eigenvalue weighted by Crippen LogP contribution is 2.31. The second-order valence-corrected chi connectivity index (χ2v) is 5.76. The first-order valence-electron chi connectivity index (χ1n) is 7.40. The maximum absolute atomic E-state index is 5.83. The van der Waals surface area contributed by atoms with Crippen molar-refractivity contribution in [1.82, 2.24) is 5.32 Å². The Kier molecular flexibility index (Phi) is 5.25. The van der Waals surface area contributed by atoms with Crippen LogP contribution in [0.3, 0.4) is 0 Å². The average molecular weight is 273 g/mol. The van der Waals surface area contributed by atoms with Gasteiger partial charge in [0.25, 0.3) is 0 Å². The predicted molar refractivity (Wildman–Crippen MR) is 82.3 cm³/mol. The maximum Gasteiger partial charge on any atom is 0.171 e. The van der Waals surface area contributed by atoms with Crippen molar-refractivity contribution in [2.75, 3.05) is 19.8 Å². The lowest BCUT2D eigenvalue weighted by atomic mass is 9.94. The Hall–Kier alpha value is -0.835. The predicted octanol–water partition coefficient (Wildman–Crippen LogP) is 1.92. The molecule has 1 aromatic rings. The molecule has 2 rings (SSSR count). The van der Waals surface area contributed by atoms with E-state index in [9.17, 15) is 0 Å². The molecule has 0 spiro atoms. The minimum absolute atomic E-state index is 0.293. The van der Waals surface area contributed by atoms with Crippen LogP contribution < -0.4 is 10.8 Å². The van der Waals surface area contributed by atoms with Gasteiger partial charge in [-0.1, -0.05) is 43.6 Å². The molecule has 1 aliphatic rings. The fourth-order valence-electron chi connectivity index (χ4n) is 2.60. The van der Waals surface area contributed by atoms with Crippen LogP contribution in [0.4, 0.5) is 0 Å². The van der Waals surface area contributed by atoms with Crippen LogP contribution in [-0.4, -0.2) is 33.4 Å². The molecule has 1 saturated heterocycles. The molecule has 2 radical (unpaired) electrons. The molecular formula is C16H24BNO2. The van der Waals surface area contributed by atoms with Crippen molar-refractivity contribution < 1.29 is 9.47 Å². The highest BCUT2D eigenvalue weighted by molar-refractivity contribution is 6.32. The van der Waals surface area contributed by atoms with Crippen molar-refractivity contribution >= 4 is 13.3 Å². The van der Waals surface area contributed by atoms with E-state index in [4.69, 9.17) is 17.3 Å². The molecule has 1 N–H and O–H groups in total. The Morgan fingerprint density at radius 2 is 1.75 bits per heavy atom. The smallest absolute Gasteiger partial charge is 0.171 e. The molecule has 0 bridgehead atoms. The minimum atomic E-state index is -0.409. The van der Waals surface area contributed by atoms with Crippen LogP contribution in [0, 0.1) is 5.92 Å². The molecule has 0 unspecified atom stereocenters. The van der Waals surface area contributed by atoms with Gasteiger partial charge in [0.15, 0.2) is 5.79 Å². The van der Waals surface area contributed by atoms with Gasteiger partial charge in [-0.05, 0) is 12.5 Å². The lowest BCUT2D eigenvalue weighted by Crippen LogP contribution is -2.39. The molecule has 1 fully saturated rings. The van der Waals surface area contributed by atoms with Gasteiger partial charge in [0.1, 0.15) is 7.85 Å². The van der Waals surface area contributed by atoms with Crippen molar-refractivity contribution in [1.29, 1.82) is 0 Å². The second-order valence-electron chi connectivity index (χ2n) is 5.76. The monoisotopic (exact) mass is 273 g/mol. The molecule has 1 aliphatic heterocycles. The van der Waals surface area contributed by atoms with E-state index in [1.165, 1.54) is 5.56 Å². The summed E-state index contributed by atoms with van der Waals surface area (Å²) in [6.07, 6.45) is 0.865. The Balaban J connectivity index is 1.84. The molecule has 108 valence electrons. The molecule has 1 aromatic carbocycles. The van der Waals surface area contributed by atoms with E-state index in [1.54, 1.807) is 0 Å². The van der Waals surface area contributed by atoms with E-state index in [1.807, 2.05) is 12.1 Å². The Labute approximate surface area is 123 Å². The molecule has 0 aromatic heterocycles.